The van der Waals surface area contributed by atoms with Gasteiger partial charge in [-0.3, -0.25) is 4.79 Å². The lowest BCUT2D eigenvalue weighted by Crippen LogP contribution is -2.09. The Kier molecular flexibility index (Phi) is 4.94. The van der Waals surface area contributed by atoms with Crippen molar-refractivity contribution in [3.63, 3.8) is 0 Å². The summed E-state index contributed by atoms with van der Waals surface area (Å²) in [6, 6.07) is 13.3. The zero-order chi connectivity index (χ0) is 18.0. The Bertz CT molecular complexity index is 1110. The maximum absolute atomic E-state index is 12.5. The molecule has 0 radical (unpaired) electrons. The van der Waals surface area contributed by atoms with E-state index in [1.54, 1.807) is 49.6 Å². The van der Waals surface area contributed by atoms with E-state index in [0.29, 0.717) is 26.4 Å². The fourth-order valence-corrected chi connectivity index (χ4v) is 4.62. The normalized spacial score (nSPS) is 11.9. The minimum atomic E-state index is -3.87. The fourth-order valence-electron chi connectivity index (χ4n) is 2.23. The van der Waals surface area contributed by atoms with E-state index >= 15 is 0 Å². The second-order valence-electron chi connectivity index (χ2n) is 5.20. The predicted octanol–water partition coefficient (Wildman–Crippen LogP) is 4.37. The minimum absolute atomic E-state index is 0.253. The fraction of sp³-hybridized carbons (Fsp3) is 0.0556. The third kappa shape index (κ3) is 3.92. The van der Waals surface area contributed by atoms with Crippen LogP contribution in [-0.2, 0) is 9.84 Å². The molecule has 0 aliphatic carbocycles. The average Bonchev–Trinajstić information content (AvgIpc) is 2.60. The third-order valence-corrected chi connectivity index (χ3v) is 6.30. The molecule has 128 valence electrons. The first-order valence-electron chi connectivity index (χ1n) is 7.20. The van der Waals surface area contributed by atoms with Crippen LogP contribution in [0.15, 0.2) is 63.6 Å². The Morgan fingerprint density at radius 3 is 2.48 bits per heavy atom. The van der Waals surface area contributed by atoms with Crippen molar-refractivity contribution in [3.8, 4) is 5.75 Å². The van der Waals surface area contributed by atoms with Crippen molar-refractivity contribution in [1.29, 1.82) is 0 Å². The highest BCUT2D eigenvalue weighted by molar-refractivity contribution is 7.94. The summed E-state index contributed by atoms with van der Waals surface area (Å²) in [5.74, 6) is 0.676. The molecule has 0 aliphatic heterocycles. The summed E-state index contributed by atoms with van der Waals surface area (Å²) in [5, 5.41) is 2.14. The van der Waals surface area contributed by atoms with Crippen LogP contribution in [0.1, 0.15) is 5.56 Å². The van der Waals surface area contributed by atoms with Gasteiger partial charge < -0.3 is 4.74 Å². The van der Waals surface area contributed by atoms with Crippen LogP contribution in [0.3, 0.4) is 0 Å². The second-order valence-corrected chi connectivity index (χ2v) is 8.45. The molecule has 0 N–H and O–H groups in total. The van der Waals surface area contributed by atoms with Crippen LogP contribution in [0.5, 0.6) is 5.75 Å². The Morgan fingerprint density at radius 2 is 1.80 bits per heavy atom. The molecule has 3 rings (SSSR count). The number of rotatable bonds is 4. The van der Waals surface area contributed by atoms with Crippen molar-refractivity contribution in [1.82, 2.24) is 0 Å². The Hall–Kier alpha value is -2.15. The van der Waals surface area contributed by atoms with Gasteiger partial charge in [-0.15, -0.1) is 0 Å². The van der Waals surface area contributed by atoms with E-state index in [1.165, 1.54) is 12.1 Å². The van der Waals surface area contributed by atoms with Gasteiger partial charge in [0.05, 0.1) is 7.11 Å². The first-order valence-corrected chi connectivity index (χ1v) is 9.94. The van der Waals surface area contributed by atoms with Gasteiger partial charge in [0.25, 0.3) is 4.74 Å². The van der Waals surface area contributed by atoms with E-state index in [2.05, 4.69) is 0 Å². The number of hydrogen-bond donors (Lipinski definition) is 0. The molecule has 0 aliphatic rings. The maximum atomic E-state index is 12.5. The van der Waals surface area contributed by atoms with Crippen LogP contribution in [0.25, 0.3) is 16.2 Å². The smallest absolute Gasteiger partial charge is 0.251 e. The Labute approximate surface area is 153 Å². The molecule has 0 spiro atoms. The standard InChI is InChI=1S/C18H13ClO4S2/c1-23-15-5-2-12(3-6-15)8-9-25(21,22)17-11-13-10-14(19)4-7-16(13)24-18(17)20/h2-11H,1H3/b9-8+. The second kappa shape index (κ2) is 7.00. The van der Waals surface area contributed by atoms with Crippen molar-refractivity contribution in [2.45, 2.75) is 4.90 Å². The van der Waals surface area contributed by atoms with Gasteiger partial charge in [0, 0.05) is 15.1 Å². The highest BCUT2D eigenvalue weighted by Gasteiger charge is 2.16. The molecule has 7 heteroatoms. The number of benzene rings is 2. The summed E-state index contributed by atoms with van der Waals surface area (Å²) in [7, 11) is -2.31. The quantitative estimate of drug-likeness (QED) is 0.661. The SMILES string of the molecule is COc1ccc(/C=C/S(=O)(=O)c2cc3cc(Cl)ccc3sc2=O)cc1. The van der Waals surface area contributed by atoms with Gasteiger partial charge in [0.2, 0.25) is 9.84 Å². The van der Waals surface area contributed by atoms with Gasteiger partial charge in [-0.05, 0) is 53.4 Å². The largest absolute Gasteiger partial charge is 0.497 e. The molecule has 0 unspecified atom stereocenters. The number of fused-ring (bicyclic) bond motifs is 1. The summed E-state index contributed by atoms with van der Waals surface area (Å²) >= 11 is 6.83. The molecule has 0 fully saturated rings. The summed E-state index contributed by atoms with van der Waals surface area (Å²) < 4.78 is 30.3. The number of halogens is 1. The molecule has 1 heterocycles. The van der Waals surface area contributed by atoms with Gasteiger partial charge in [-0.1, -0.05) is 35.1 Å². The molecule has 0 saturated heterocycles. The summed E-state index contributed by atoms with van der Waals surface area (Å²) in [5.41, 5.74) is 0.685. The average molecular weight is 393 g/mol. The monoisotopic (exact) mass is 392 g/mol. The first kappa shape index (κ1) is 17.7. The molecule has 4 nitrogen and oxygen atoms in total. The topological polar surface area (TPSA) is 60.4 Å². The number of hydrogen-bond acceptors (Lipinski definition) is 5. The molecular weight excluding hydrogens is 380 g/mol. The van der Waals surface area contributed by atoms with Crippen LogP contribution in [0.2, 0.25) is 5.02 Å². The van der Waals surface area contributed by atoms with E-state index in [0.717, 1.165) is 16.7 Å². The number of sulfone groups is 1. The van der Waals surface area contributed by atoms with E-state index in [1.807, 2.05) is 0 Å². The minimum Gasteiger partial charge on any atom is -0.497 e. The van der Waals surface area contributed by atoms with E-state index in [-0.39, 0.29) is 4.90 Å². The van der Waals surface area contributed by atoms with E-state index in [9.17, 15) is 13.2 Å². The van der Waals surface area contributed by atoms with Crippen molar-refractivity contribution < 1.29 is 13.2 Å². The Balaban J connectivity index is 2.01. The number of methoxy groups -OCH3 is 1. The zero-order valence-corrected chi connectivity index (χ0v) is 15.5. The lowest BCUT2D eigenvalue weighted by Gasteiger charge is -2.02. The highest BCUT2D eigenvalue weighted by Crippen LogP contribution is 2.24. The highest BCUT2D eigenvalue weighted by atomic mass is 35.5. The number of ether oxygens (including phenoxy) is 1. The summed E-state index contributed by atoms with van der Waals surface area (Å²) in [6.45, 7) is 0. The summed E-state index contributed by atoms with van der Waals surface area (Å²) in [4.78, 5) is 12.0. The van der Waals surface area contributed by atoms with Crippen molar-refractivity contribution >= 4 is 48.9 Å². The third-order valence-electron chi connectivity index (χ3n) is 3.52. The van der Waals surface area contributed by atoms with Crippen LogP contribution < -0.4 is 9.48 Å². The molecule has 0 saturated carbocycles. The molecule has 0 bridgehead atoms. The van der Waals surface area contributed by atoms with Gasteiger partial charge >= 0.3 is 0 Å². The molecule has 3 aromatic rings. The van der Waals surface area contributed by atoms with Crippen LogP contribution >= 0.6 is 22.9 Å². The molecule has 0 atom stereocenters. The van der Waals surface area contributed by atoms with Gasteiger partial charge in [-0.2, -0.15) is 0 Å². The molecule has 0 amide bonds. The van der Waals surface area contributed by atoms with E-state index in [4.69, 9.17) is 16.3 Å². The van der Waals surface area contributed by atoms with Gasteiger partial charge in [-0.25, -0.2) is 8.42 Å². The molecule has 1 aromatic heterocycles. The molecule has 25 heavy (non-hydrogen) atoms. The Morgan fingerprint density at radius 1 is 1.08 bits per heavy atom. The van der Waals surface area contributed by atoms with E-state index < -0.39 is 14.6 Å². The van der Waals surface area contributed by atoms with Crippen molar-refractivity contribution in [2.75, 3.05) is 7.11 Å². The van der Waals surface area contributed by atoms with Crippen molar-refractivity contribution in [3.05, 3.63) is 74.1 Å². The lowest BCUT2D eigenvalue weighted by atomic mass is 10.2. The zero-order valence-electron chi connectivity index (χ0n) is 13.1. The van der Waals surface area contributed by atoms with Crippen LogP contribution in [-0.4, -0.2) is 15.5 Å². The van der Waals surface area contributed by atoms with Crippen molar-refractivity contribution in [2.24, 2.45) is 0 Å². The lowest BCUT2D eigenvalue weighted by molar-refractivity contribution is 0.415. The summed E-state index contributed by atoms with van der Waals surface area (Å²) in [6.07, 6.45) is 1.45. The molecule has 2 aromatic carbocycles. The first-order chi connectivity index (χ1) is 11.9. The van der Waals surface area contributed by atoms with Gasteiger partial charge in [0.15, 0.2) is 0 Å². The van der Waals surface area contributed by atoms with Crippen LogP contribution in [0.4, 0.5) is 0 Å². The van der Waals surface area contributed by atoms with Gasteiger partial charge in [0.1, 0.15) is 10.6 Å². The predicted molar refractivity (Wildman–Crippen MR) is 102 cm³/mol. The van der Waals surface area contributed by atoms with Crippen LogP contribution in [0, 0.1) is 0 Å². The maximum Gasteiger partial charge on any atom is 0.251 e. The molecular formula is C18H13ClO4S2.